The van der Waals surface area contributed by atoms with Crippen LogP contribution < -0.4 is 5.32 Å². The Morgan fingerprint density at radius 3 is 2.53 bits per heavy atom. The summed E-state index contributed by atoms with van der Waals surface area (Å²) >= 11 is 0. The van der Waals surface area contributed by atoms with Crippen LogP contribution in [0.5, 0.6) is 0 Å². The first kappa shape index (κ1) is 14.5. The standard InChI is InChI=1S/C17H28N2/c1-4-19(15-10-6-7-11-15)13-17(18-3)16-12-8-5-9-14(16)2/h5,8-9,12,15,17-18H,4,6-7,10-11,13H2,1-3H3. The van der Waals surface area contributed by atoms with E-state index in [4.69, 9.17) is 0 Å². The predicted molar refractivity (Wildman–Crippen MR) is 82.5 cm³/mol. The molecule has 0 amide bonds. The van der Waals surface area contributed by atoms with Gasteiger partial charge in [-0.2, -0.15) is 0 Å². The van der Waals surface area contributed by atoms with Gasteiger partial charge < -0.3 is 5.32 Å². The summed E-state index contributed by atoms with van der Waals surface area (Å²) < 4.78 is 0. The van der Waals surface area contributed by atoms with Gasteiger partial charge in [0.2, 0.25) is 0 Å². The topological polar surface area (TPSA) is 15.3 Å². The molecule has 1 atom stereocenters. The minimum Gasteiger partial charge on any atom is -0.312 e. The SMILES string of the molecule is CCN(CC(NC)c1ccccc1C)C1CCCC1. The second-order valence-electron chi connectivity index (χ2n) is 5.72. The molecule has 1 saturated carbocycles. The number of benzene rings is 1. The summed E-state index contributed by atoms with van der Waals surface area (Å²) in [6.07, 6.45) is 5.60. The molecule has 1 N–H and O–H groups in total. The number of nitrogens with one attached hydrogen (secondary N) is 1. The molecular formula is C17H28N2. The average molecular weight is 260 g/mol. The lowest BCUT2D eigenvalue weighted by molar-refractivity contribution is 0.189. The zero-order valence-electron chi connectivity index (χ0n) is 12.7. The van der Waals surface area contributed by atoms with Gasteiger partial charge >= 0.3 is 0 Å². The van der Waals surface area contributed by atoms with Gasteiger partial charge in [0.1, 0.15) is 0 Å². The maximum atomic E-state index is 3.51. The number of likely N-dealkylation sites (N-methyl/N-ethyl adjacent to an activating group) is 2. The van der Waals surface area contributed by atoms with E-state index in [1.165, 1.54) is 36.8 Å². The van der Waals surface area contributed by atoms with Gasteiger partial charge in [-0.15, -0.1) is 0 Å². The van der Waals surface area contributed by atoms with E-state index in [9.17, 15) is 0 Å². The van der Waals surface area contributed by atoms with Gasteiger partial charge in [0.25, 0.3) is 0 Å². The zero-order valence-corrected chi connectivity index (χ0v) is 12.7. The van der Waals surface area contributed by atoms with Gasteiger partial charge in [0.05, 0.1) is 0 Å². The maximum absolute atomic E-state index is 3.51. The van der Waals surface area contributed by atoms with Crippen molar-refractivity contribution in [1.82, 2.24) is 10.2 Å². The van der Waals surface area contributed by atoms with Gasteiger partial charge in [0.15, 0.2) is 0 Å². The summed E-state index contributed by atoms with van der Waals surface area (Å²) in [6.45, 7) is 6.80. The summed E-state index contributed by atoms with van der Waals surface area (Å²) in [5, 5.41) is 3.51. The van der Waals surface area contributed by atoms with E-state index < -0.39 is 0 Å². The third kappa shape index (κ3) is 3.58. The van der Waals surface area contributed by atoms with Gasteiger partial charge in [-0.05, 0) is 44.5 Å². The van der Waals surface area contributed by atoms with Gasteiger partial charge in [-0.1, -0.05) is 44.0 Å². The van der Waals surface area contributed by atoms with E-state index >= 15 is 0 Å². The maximum Gasteiger partial charge on any atom is 0.0449 e. The molecule has 1 aromatic rings. The molecular weight excluding hydrogens is 232 g/mol. The first-order valence-corrected chi connectivity index (χ1v) is 7.73. The van der Waals surface area contributed by atoms with Gasteiger partial charge in [-0.3, -0.25) is 4.90 Å². The van der Waals surface area contributed by atoms with Crippen molar-refractivity contribution in [2.45, 2.75) is 51.6 Å². The minimum absolute atomic E-state index is 0.446. The highest BCUT2D eigenvalue weighted by molar-refractivity contribution is 5.29. The molecule has 1 aromatic carbocycles. The molecule has 0 aliphatic heterocycles. The van der Waals surface area contributed by atoms with Crippen LogP contribution in [0, 0.1) is 6.92 Å². The van der Waals surface area contributed by atoms with Crippen molar-refractivity contribution in [3.05, 3.63) is 35.4 Å². The monoisotopic (exact) mass is 260 g/mol. The van der Waals surface area contributed by atoms with Crippen LogP contribution in [0.25, 0.3) is 0 Å². The van der Waals surface area contributed by atoms with Crippen LogP contribution in [-0.4, -0.2) is 31.1 Å². The quantitative estimate of drug-likeness (QED) is 0.842. The second-order valence-corrected chi connectivity index (χ2v) is 5.72. The third-order valence-electron chi connectivity index (χ3n) is 4.58. The highest BCUT2D eigenvalue weighted by Crippen LogP contribution is 2.26. The van der Waals surface area contributed by atoms with Crippen molar-refractivity contribution < 1.29 is 0 Å². The molecule has 1 unspecified atom stereocenters. The van der Waals surface area contributed by atoms with E-state index in [-0.39, 0.29) is 0 Å². The average Bonchev–Trinajstić information content (AvgIpc) is 2.95. The Bertz CT molecular complexity index is 383. The number of aryl methyl sites for hydroxylation is 1. The second kappa shape index (κ2) is 7.06. The molecule has 106 valence electrons. The Hall–Kier alpha value is -0.860. The van der Waals surface area contributed by atoms with Crippen molar-refractivity contribution in [1.29, 1.82) is 0 Å². The van der Waals surface area contributed by atoms with Crippen LogP contribution in [-0.2, 0) is 0 Å². The van der Waals surface area contributed by atoms with Crippen LogP contribution in [0.2, 0.25) is 0 Å². The fourth-order valence-corrected chi connectivity index (χ4v) is 3.36. The van der Waals surface area contributed by atoms with E-state index in [0.29, 0.717) is 6.04 Å². The number of hydrogen-bond donors (Lipinski definition) is 1. The summed E-state index contributed by atoms with van der Waals surface area (Å²) in [4.78, 5) is 2.67. The van der Waals surface area contributed by atoms with Crippen molar-refractivity contribution in [2.75, 3.05) is 20.1 Å². The predicted octanol–water partition coefficient (Wildman–Crippen LogP) is 3.52. The summed E-state index contributed by atoms with van der Waals surface area (Å²) in [6, 6.07) is 10.0. The van der Waals surface area contributed by atoms with Crippen LogP contribution in [0.15, 0.2) is 24.3 Å². The number of rotatable bonds is 6. The van der Waals surface area contributed by atoms with Crippen LogP contribution in [0.4, 0.5) is 0 Å². The molecule has 0 heterocycles. The Morgan fingerprint density at radius 1 is 1.26 bits per heavy atom. The van der Waals surface area contributed by atoms with Crippen molar-refractivity contribution in [2.24, 2.45) is 0 Å². The van der Waals surface area contributed by atoms with Crippen LogP contribution >= 0.6 is 0 Å². The third-order valence-corrected chi connectivity index (χ3v) is 4.58. The van der Waals surface area contributed by atoms with E-state index in [0.717, 1.165) is 19.1 Å². The van der Waals surface area contributed by atoms with E-state index in [1.54, 1.807) is 0 Å². The van der Waals surface area contributed by atoms with E-state index in [1.807, 2.05) is 0 Å². The summed E-state index contributed by atoms with van der Waals surface area (Å²) in [5.74, 6) is 0. The first-order valence-electron chi connectivity index (χ1n) is 7.73. The lowest BCUT2D eigenvalue weighted by Crippen LogP contribution is -2.39. The Balaban J connectivity index is 2.07. The molecule has 2 heteroatoms. The Kier molecular flexibility index (Phi) is 5.41. The number of nitrogens with zero attached hydrogens (tertiary/aromatic N) is 1. The lowest BCUT2D eigenvalue weighted by Gasteiger charge is -2.32. The van der Waals surface area contributed by atoms with Crippen molar-refractivity contribution in [3.63, 3.8) is 0 Å². The first-order chi connectivity index (χ1) is 9.26. The van der Waals surface area contributed by atoms with E-state index in [2.05, 4.69) is 55.4 Å². The smallest absolute Gasteiger partial charge is 0.0449 e. The fourth-order valence-electron chi connectivity index (χ4n) is 3.36. The highest BCUT2D eigenvalue weighted by atomic mass is 15.2. The molecule has 0 radical (unpaired) electrons. The fraction of sp³-hybridized carbons (Fsp3) is 0.647. The van der Waals surface area contributed by atoms with Crippen LogP contribution in [0.3, 0.4) is 0 Å². The molecule has 1 aliphatic carbocycles. The molecule has 0 aromatic heterocycles. The highest BCUT2D eigenvalue weighted by Gasteiger charge is 2.24. The normalized spacial score (nSPS) is 18.1. The zero-order chi connectivity index (χ0) is 13.7. The Labute approximate surface area is 118 Å². The van der Waals surface area contributed by atoms with Crippen molar-refractivity contribution in [3.8, 4) is 0 Å². The molecule has 19 heavy (non-hydrogen) atoms. The largest absolute Gasteiger partial charge is 0.312 e. The molecule has 2 nitrogen and oxygen atoms in total. The van der Waals surface area contributed by atoms with Crippen LogP contribution in [0.1, 0.15) is 49.8 Å². The Morgan fingerprint density at radius 2 is 1.95 bits per heavy atom. The molecule has 1 fully saturated rings. The molecule has 2 rings (SSSR count). The van der Waals surface area contributed by atoms with Gasteiger partial charge in [-0.25, -0.2) is 0 Å². The molecule has 0 spiro atoms. The summed E-state index contributed by atoms with van der Waals surface area (Å²) in [5.41, 5.74) is 2.84. The lowest BCUT2D eigenvalue weighted by atomic mass is 10.00. The molecule has 0 bridgehead atoms. The molecule has 0 saturated heterocycles. The molecule has 1 aliphatic rings. The number of hydrogen-bond acceptors (Lipinski definition) is 2. The summed E-state index contributed by atoms with van der Waals surface area (Å²) in [7, 11) is 2.08. The van der Waals surface area contributed by atoms with Gasteiger partial charge in [0, 0.05) is 18.6 Å². The minimum atomic E-state index is 0.446. The van der Waals surface area contributed by atoms with Crippen molar-refractivity contribution >= 4 is 0 Å².